The molecule has 0 amide bonds. The maximum absolute atomic E-state index is 4.26. The number of aromatic nitrogens is 2. The van der Waals surface area contributed by atoms with E-state index < -0.39 is 0 Å². The lowest BCUT2D eigenvalue weighted by Crippen LogP contribution is -2.03. The van der Waals surface area contributed by atoms with Gasteiger partial charge in [0.2, 0.25) is 0 Å². The van der Waals surface area contributed by atoms with E-state index in [1.807, 2.05) is 12.4 Å². The van der Waals surface area contributed by atoms with Crippen LogP contribution in [0.2, 0.25) is 0 Å². The van der Waals surface area contributed by atoms with Crippen LogP contribution in [0.1, 0.15) is 46.0 Å². The molecule has 2 aromatic rings. The molecule has 0 saturated heterocycles. The number of hydrogen-bond acceptors (Lipinski definition) is 1. The number of allylic oxidation sites excluding steroid dienone is 1. The molecule has 0 bridgehead atoms. The summed E-state index contributed by atoms with van der Waals surface area (Å²) in [6, 6.07) is 4.21. The SMILES string of the molecule is C=C(CC(C)CCCCC)Cn1ccc2ccncc21. The minimum absolute atomic E-state index is 0.744. The number of unbranched alkanes of at least 4 members (excludes halogenated alkanes) is 2. The zero-order valence-corrected chi connectivity index (χ0v) is 12.8. The van der Waals surface area contributed by atoms with Crippen molar-refractivity contribution in [2.75, 3.05) is 0 Å². The van der Waals surface area contributed by atoms with Crippen LogP contribution in [0, 0.1) is 5.92 Å². The highest BCUT2D eigenvalue weighted by molar-refractivity contribution is 5.78. The summed E-state index contributed by atoms with van der Waals surface area (Å²) in [6.07, 6.45) is 12.4. The summed E-state index contributed by atoms with van der Waals surface area (Å²) in [5.41, 5.74) is 2.52. The lowest BCUT2D eigenvalue weighted by Gasteiger charge is -2.14. The van der Waals surface area contributed by atoms with Crippen molar-refractivity contribution in [3.63, 3.8) is 0 Å². The van der Waals surface area contributed by atoms with Gasteiger partial charge in [-0.1, -0.05) is 51.7 Å². The van der Waals surface area contributed by atoms with Gasteiger partial charge < -0.3 is 4.57 Å². The Morgan fingerprint density at radius 3 is 3.00 bits per heavy atom. The van der Waals surface area contributed by atoms with Gasteiger partial charge in [-0.3, -0.25) is 4.98 Å². The maximum atomic E-state index is 4.26. The average molecular weight is 270 g/mol. The molecule has 2 heteroatoms. The van der Waals surface area contributed by atoms with Gasteiger partial charge in [-0.2, -0.15) is 0 Å². The quantitative estimate of drug-likeness (QED) is 0.476. The van der Waals surface area contributed by atoms with E-state index in [2.05, 4.69) is 48.3 Å². The van der Waals surface area contributed by atoms with Crippen molar-refractivity contribution < 1.29 is 0 Å². The molecule has 2 heterocycles. The molecule has 0 aliphatic heterocycles. The summed E-state index contributed by atoms with van der Waals surface area (Å²) in [5.74, 6) is 0.744. The minimum atomic E-state index is 0.744. The third-order valence-corrected chi connectivity index (χ3v) is 3.91. The molecule has 108 valence electrons. The fourth-order valence-electron chi connectivity index (χ4n) is 2.81. The van der Waals surface area contributed by atoms with E-state index in [-0.39, 0.29) is 0 Å². The van der Waals surface area contributed by atoms with Crippen LogP contribution >= 0.6 is 0 Å². The van der Waals surface area contributed by atoms with E-state index >= 15 is 0 Å². The van der Waals surface area contributed by atoms with Crippen LogP contribution in [-0.4, -0.2) is 9.55 Å². The smallest absolute Gasteiger partial charge is 0.0669 e. The van der Waals surface area contributed by atoms with Crippen molar-refractivity contribution in [1.82, 2.24) is 9.55 Å². The van der Waals surface area contributed by atoms with Gasteiger partial charge in [0, 0.05) is 24.3 Å². The molecule has 2 rings (SSSR count). The second-order valence-corrected chi connectivity index (χ2v) is 5.93. The molecule has 0 saturated carbocycles. The van der Waals surface area contributed by atoms with Crippen LogP contribution in [0.3, 0.4) is 0 Å². The van der Waals surface area contributed by atoms with E-state index in [1.54, 1.807) is 0 Å². The van der Waals surface area contributed by atoms with Crippen molar-refractivity contribution in [3.8, 4) is 0 Å². The maximum Gasteiger partial charge on any atom is 0.0669 e. The third-order valence-electron chi connectivity index (χ3n) is 3.91. The molecule has 0 aromatic carbocycles. The lowest BCUT2D eigenvalue weighted by atomic mass is 9.96. The molecule has 0 spiro atoms. The van der Waals surface area contributed by atoms with Crippen LogP contribution in [-0.2, 0) is 6.54 Å². The van der Waals surface area contributed by atoms with Gasteiger partial charge in [0.15, 0.2) is 0 Å². The monoisotopic (exact) mass is 270 g/mol. The normalized spacial score (nSPS) is 12.7. The first-order valence-electron chi connectivity index (χ1n) is 7.76. The van der Waals surface area contributed by atoms with Crippen LogP contribution in [0.15, 0.2) is 42.9 Å². The molecular weight excluding hydrogens is 244 g/mol. The molecule has 0 aliphatic rings. The number of nitrogens with zero attached hydrogens (tertiary/aromatic N) is 2. The van der Waals surface area contributed by atoms with Crippen molar-refractivity contribution in [1.29, 1.82) is 0 Å². The second kappa shape index (κ2) is 7.28. The zero-order chi connectivity index (χ0) is 14.4. The summed E-state index contributed by atoms with van der Waals surface area (Å²) in [4.78, 5) is 4.21. The van der Waals surface area contributed by atoms with Gasteiger partial charge in [0.25, 0.3) is 0 Å². The van der Waals surface area contributed by atoms with Crippen LogP contribution in [0.5, 0.6) is 0 Å². The first-order chi connectivity index (χ1) is 9.70. The predicted octanol–water partition coefficient (Wildman–Crippen LogP) is 5.20. The van der Waals surface area contributed by atoms with Gasteiger partial charge in [0.1, 0.15) is 0 Å². The molecule has 2 aromatic heterocycles. The van der Waals surface area contributed by atoms with Crippen molar-refractivity contribution >= 4 is 10.9 Å². The van der Waals surface area contributed by atoms with E-state index in [4.69, 9.17) is 0 Å². The first-order valence-corrected chi connectivity index (χ1v) is 7.76. The van der Waals surface area contributed by atoms with Gasteiger partial charge in [-0.25, -0.2) is 0 Å². The first kappa shape index (κ1) is 14.8. The minimum Gasteiger partial charge on any atom is -0.342 e. The molecule has 0 fully saturated rings. The molecule has 0 radical (unpaired) electrons. The molecule has 0 N–H and O–H groups in total. The largest absolute Gasteiger partial charge is 0.342 e. The Morgan fingerprint density at radius 1 is 1.35 bits per heavy atom. The Kier molecular flexibility index (Phi) is 5.40. The molecule has 2 nitrogen and oxygen atoms in total. The van der Waals surface area contributed by atoms with Crippen LogP contribution < -0.4 is 0 Å². The summed E-state index contributed by atoms with van der Waals surface area (Å²) in [5, 5.41) is 1.25. The Bertz CT molecular complexity index is 553. The molecule has 1 unspecified atom stereocenters. The highest BCUT2D eigenvalue weighted by Crippen LogP contribution is 2.20. The molecule has 0 aliphatic carbocycles. The standard InChI is InChI=1S/C18H26N2/c1-4-5-6-7-15(2)12-16(3)14-20-11-9-17-8-10-19-13-18(17)20/h8-11,13,15H,3-7,12,14H2,1-2H3. The molecular formula is C18H26N2. The van der Waals surface area contributed by atoms with Gasteiger partial charge in [-0.05, 0) is 24.5 Å². The lowest BCUT2D eigenvalue weighted by molar-refractivity contribution is 0.483. The predicted molar refractivity (Wildman–Crippen MR) is 86.8 cm³/mol. The van der Waals surface area contributed by atoms with E-state index in [0.717, 1.165) is 18.9 Å². The van der Waals surface area contributed by atoms with E-state index in [1.165, 1.54) is 42.2 Å². The summed E-state index contributed by atoms with van der Waals surface area (Å²) in [6.45, 7) is 9.78. The highest BCUT2D eigenvalue weighted by atomic mass is 15.0. The number of pyridine rings is 1. The van der Waals surface area contributed by atoms with Crippen molar-refractivity contribution in [2.45, 2.75) is 52.5 Å². The fraction of sp³-hybridized carbons (Fsp3) is 0.500. The third kappa shape index (κ3) is 3.96. The summed E-state index contributed by atoms with van der Waals surface area (Å²) >= 11 is 0. The average Bonchev–Trinajstić information content (AvgIpc) is 2.82. The molecule has 1 atom stereocenters. The second-order valence-electron chi connectivity index (χ2n) is 5.93. The summed E-state index contributed by atoms with van der Waals surface area (Å²) in [7, 11) is 0. The Labute approximate surface area is 122 Å². The van der Waals surface area contributed by atoms with E-state index in [9.17, 15) is 0 Å². The van der Waals surface area contributed by atoms with Crippen LogP contribution in [0.4, 0.5) is 0 Å². The van der Waals surface area contributed by atoms with E-state index in [0.29, 0.717) is 0 Å². The number of fused-ring (bicyclic) bond motifs is 1. The Hall–Kier alpha value is -1.57. The fourth-order valence-corrected chi connectivity index (χ4v) is 2.81. The number of hydrogen-bond donors (Lipinski definition) is 0. The Balaban J connectivity index is 1.88. The highest BCUT2D eigenvalue weighted by Gasteiger charge is 2.07. The zero-order valence-electron chi connectivity index (χ0n) is 12.8. The van der Waals surface area contributed by atoms with Gasteiger partial charge in [-0.15, -0.1) is 0 Å². The van der Waals surface area contributed by atoms with Crippen molar-refractivity contribution in [3.05, 3.63) is 42.9 Å². The topological polar surface area (TPSA) is 17.8 Å². The van der Waals surface area contributed by atoms with Crippen molar-refractivity contribution in [2.24, 2.45) is 5.92 Å². The van der Waals surface area contributed by atoms with Crippen LogP contribution in [0.25, 0.3) is 10.9 Å². The Morgan fingerprint density at radius 2 is 2.20 bits per heavy atom. The van der Waals surface area contributed by atoms with Gasteiger partial charge in [0.05, 0.1) is 11.7 Å². The summed E-state index contributed by atoms with van der Waals surface area (Å²) < 4.78 is 2.25. The molecule has 20 heavy (non-hydrogen) atoms. The van der Waals surface area contributed by atoms with Gasteiger partial charge >= 0.3 is 0 Å². The number of rotatable bonds is 8.